The van der Waals surface area contributed by atoms with Crippen LogP contribution in [0.15, 0.2) is 20.3 Å². The Bertz CT molecular complexity index is 552. The van der Waals surface area contributed by atoms with E-state index in [1.807, 2.05) is 6.26 Å². The average molecular weight is 337 g/mol. The zero-order valence-electron chi connectivity index (χ0n) is 9.76. The van der Waals surface area contributed by atoms with Gasteiger partial charge in [-0.1, -0.05) is 0 Å². The zero-order chi connectivity index (χ0) is 13.7. The van der Waals surface area contributed by atoms with E-state index >= 15 is 0 Å². The molecule has 0 aromatic carbocycles. The average Bonchev–Trinajstić information content (AvgIpc) is 2.30. The van der Waals surface area contributed by atoms with Crippen LogP contribution >= 0.6 is 27.7 Å². The molecule has 0 fully saturated rings. The summed E-state index contributed by atoms with van der Waals surface area (Å²) in [6, 6.07) is 0. The lowest BCUT2D eigenvalue weighted by Crippen LogP contribution is -2.41. The molecule has 0 saturated carbocycles. The molecule has 0 radical (unpaired) electrons. The first-order valence-corrected chi connectivity index (χ1v) is 7.36. The number of carboxylic acid groups (broad SMARTS) is 1. The van der Waals surface area contributed by atoms with Gasteiger partial charge in [0.1, 0.15) is 6.54 Å². The molecule has 1 N–H and O–H groups in total. The molecule has 0 amide bonds. The van der Waals surface area contributed by atoms with Crippen LogP contribution in [0.1, 0.15) is 6.42 Å². The summed E-state index contributed by atoms with van der Waals surface area (Å²) in [4.78, 5) is 34.3. The minimum Gasteiger partial charge on any atom is -0.480 e. The van der Waals surface area contributed by atoms with E-state index in [4.69, 9.17) is 5.11 Å². The van der Waals surface area contributed by atoms with E-state index in [9.17, 15) is 14.4 Å². The molecule has 0 atom stereocenters. The predicted octanol–water partition coefficient (Wildman–Crippen LogP) is 0.610. The fourth-order valence-electron chi connectivity index (χ4n) is 1.44. The fourth-order valence-corrected chi connectivity index (χ4v) is 2.32. The Kier molecular flexibility index (Phi) is 5.67. The summed E-state index contributed by atoms with van der Waals surface area (Å²) in [5.74, 6) is -0.296. The summed E-state index contributed by atoms with van der Waals surface area (Å²) >= 11 is 4.66. The molecular formula is C10H13BrN2O4S. The van der Waals surface area contributed by atoms with Crippen LogP contribution in [0.2, 0.25) is 0 Å². The number of halogens is 1. The third-order valence-corrected chi connectivity index (χ3v) is 3.47. The van der Waals surface area contributed by atoms with Gasteiger partial charge in [0.25, 0.3) is 5.56 Å². The molecule has 1 aromatic heterocycles. The maximum Gasteiger partial charge on any atom is 0.331 e. The van der Waals surface area contributed by atoms with Crippen molar-refractivity contribution < 1.29 is 9.90 Å². The lowest BCUT2D eigenvalue weighted by molar-refractivity contribution is -0.137. The molecule has 0 saturated heterocycles. The topological polar surface area (TPSA) is 81.3 Å². The molecule has 0 unspecified atom stereocenters. The highest BCUT2D eigenvalue weighted by Gasteiger charge is 2.11. The number of aromatic nitrogens is 2. The first-order valence-electron chi connectivity index (χ1n) is 5.18. The monoisotopic (exact) mass is 336 g/mol. The fraction of sp³-hybridized carbons (Fsp3) is 0.500. The molecular weight excluding hydrogens is 324 g/mol. The number of rotatable bonds is 6. The Morgan fingerprint density at radius 1 is 1.50 bits per heavy atom. The number of carboxylic acids is 1. The minimum atomic E-state index is -1.13. The molecule has 0 aliphatic heterocycles. The number of thioether (sulfide) groups is 1. The number of carbonyl (C=O) groups is 1. The van der Waals surface area contributed by atoms with Crippen LogP contribution in [0.3, 0.4) is 0 Å². The molecule has 0 spiro atoms. The Morgan fingerprint density at radius 3 is 2.72 bits per heavy atom. The quantitative estimate of drug-likeness (QED) is 0.770. The maximum atomic E-state index is 11.9. The first kappa shape index (κ1) is 15.0. The van der Waals surface area contributed by atoms with Crippen molar-refractivity contribution in [1.29, 1.82) is 0 Å². The smallest absolute Gasteiger partial charge is 0.331 e. The highest BCUT2D eigenvalue weighted by Crippen LogP contribution is 2.01. The van der Waals surface area contributed by atoms with Crippen molar-refractivity contribution in [3.8, 4) is 0 Å². The van der Waals surface area contributed by atoms with Gasteiger partial charge < -0.3 is 5.11 Å². The van der Waals surface area contributed by atoms with Crippen LogP contribution in [0.5, 0.6) is 0 Å². The predicted molar refractivity (Wildman–Crippen MR) is 73.3 cm³/mol. The molecule has 0 aliphatic carbocycles. The Morgan fingerprint density at radius 2 is 2.17 bits per heavy atom. The van der Waals surface area contributed by atoms with Crippen LogP contribution in [0.4, 0.5) is 0 Å². The van der Waals surface area contributed by atoms with Crippen molar-refractivity contribution in [2.45, 2.75) is 19.5 Å². The lowest BCUT2D eigenvalue weighted by Gasteiger charge is -2.09. The van der Waals surface area contributed by atoms with Gasteiger partial charge in [-0.15, -0.1) is 0 Å². The van der Waals surface area contributed by atoms with Gasteiger partial charge in [0.2, 0.25) is 0 Å². The van der Waals surface area contributed by atoms with Gasteiger partial charge in [-0.3, -0.25) is 18.7 Å². The van der Waals surface area contributed by atoms with Crippen molar-refractivity contribution in [3.63, 3.8) is 0 Å². The molecule has 100 valence electrons. The number of aliphatic carboxylic acids is 1. The molecule has 0 bridgehead atoms. The summed E-state index contributed by atoms with van der Waals surface area (Å²) in [6.07, 6.45) is 3.83. The van der Waals surface area contributed by atoms with Gasteiger partial charge >= 0.3 is 11.7 Å². The van der Waals surface area contributed by atoms with E-state index in [1.165, 1.54) is 6.20 Å². The lowest BCUT2D eigenvalue weighted by atomic mass is 10.4. The van der Waals surface area contributed by atoms with Gasteiger partial charge in [0, 0.05) is 12.7 Å². The van der Waals surface area contributed by atoms with E-state index in [2.05, 4.69) is 15.9 Å². The van der Waals surface area contributed by atoms with E-state index in [0.717, 1.165) is 14.9 Å². The summed E-state index contributed by atoms with van der Waals surface area (Å²) in [5, 5.41) is 8.69. The van der Waals surface area contributed by atoms with Crippen LogP contribution < -0.4 is 11.2 Å². The van der Waals surface area contributed by atoms with Gasteiger partial charge in [0.05, 0.1) is 4.47 Å². The second-order valence-electron chi connectivity index (χ2n) is 3.58. The SMILES string of the molecule is CSCCCn1c(=O)c(Br)cn(CC(=O)O)c1=O. The van der Waals surface area contributed by atoms with Crippen molar-refractivity contribution in [1.82, 2.24) is 9.13 Å². The van der Waals surface area contributed by atoms with Crippen LogP contribution in [-0.2, 0) is 17.9 Å². The van der Waals surface area contributed by atoms with Crippen molar-refractivity contribution in [2.75, 3.05) is 12.0 Å². The molecule has 1 aromatic rings. The molecule has 8 heteroatoms. The third-order valence-electron chi connectivity index (χ3n) is 2.23. The Hall–Kier alpha value is -1.02. The maximum absolute atomic E-state index is 11.9. The summed E-state index contributed by atoms with van der Waals surface area (Å²) < 4.78 is 2.25. The number of hydrogen-bond donors (Lipinski definition) is 1. The summed E-state index contributed by atoms with van der Waals surface area (Å²) in [6.45, 7) is -0.169. The van der Waals surface area contributed by atoms with Crippen molar-refractivity contribution in [2.24, 2.45) is 0 Å². The van der Waals surface area contributed by atoms with Gasteiger partial charge in [0.15, 0.2) is 0 Å². The van der Waals surface area contributed by atoms with Gasteiger partial charge in [-0.05, 0) is 34.4 Å². The number of nitrogens with zero attached hydrogens (tertiary/aromatic N) is 2. The second kappa shape index (κ2) is 6.79. The minimum absolute atomic E-state index is 0.188. The molecule has 0 aliphatic rings. The van der Waals surface area contributed by atoms with Crippen molar-refractivity contribution >= 4 is 33.7 Å². The second-order valence-corrected chi connectivity index (χ2v) is 5.42. The highest BCUT2D eigenvalue weighted by molar-refractivity contribution is 9.10. The van der Waals surface area contributed by atoms with E-state index in [-0.39, 0.29) is 11.0 Å². The standard InChI is InChI=1S/C10H13BrN2O4S/c1-18-4-2-3-13-9(16)7(11)5-12(10(13)17)6-8(14)15/h5H,2-4,6H2,1H3,(H,14,15). The molecule has 6 nitrogen and oxygen atoms in total. The van der Waals surface area contributed by atoms with Gasteiger partial charge in [-0.2, -0.15) is 11.8 Å². The van der Waals surface area contributed by atoms with Crippen LogP contribution in [0, 0.1) is 0 Å². The normalized spacial score (nSPS) is 10.6. The summed E-state index contributed by atoms with van der Waals surface area (Å²) in [7, 11) is 0. The molecule has 1 heterocycles. The van der Waals surface area contributed by atoms with Crippen molar-refractivity contribution in [3.05, 3.63) is 31.5 Å². The Labute approximate surface area is 116 Å². The van der Waals surface area contributed by atoms with Crippen LogP contribution in [0.25, 0.3) is 0 Å². The molecule has 18 heavy (non-hydrogen) atoms. The van der Waals surface area contributed by atoms with E-state index in [1.54, 1.807) is 11.8 Å². The largest absolute Gasteiger partial charge is 0.480 e. The van der Waals surface area contributed by atoms with E-state index in [0.29, 0.717) is 6.42 Å². The number of hydrogen-bond acceptors (Lipinski definition) is 4. The third kappa shape index (κ3) is 3.74. The first-order chi connectivity index (χ1) is 8.47. The van der Waals surface area contributed by atoms with E-state index < -0.39 is 23.8 Å². The summed E-state index contributed by atoms with van der Waals surface area (Å²) in [5.41, 5.74) is -1.02. The molecule has 1 rings (SSSR count). The Balaban J connectivity index is 3.14. The zero-order valence-corrected chi connectivity index (χ0v) is 12.2. The highest BCUT2D eigenvalue weighted by atomic mass is 79.9. The van der Waals surface area contributed by atoms with Gasteiger partial charge in [-0.25, -0.2) is 4.79 Å². The van der Waals surface area contributed by atoms with Crippen LogP contribution in [-0.4, -0.2) is 32.2 Å².